The molecule has 6 heteroatoms. The summed E-state index contributed by atoms with van der Waals surface area (Å²) >= 11 is 0. The quantitative estimate of drug-likeness (QED) is 0.757. The molecular weight excluding hydrogens is 296 g/mol. The maximum absolute atomic E-state index is 11.4. The number of hydrogen-bond donors (Lipinski definition) is 2. The highest BCUT2D eigenvalue weighted by Gasteiger charge is 2.25. The minimum Gasteiger partial charge on any atom is -0.493 e. The van der Waals surface area contributed by atoms with E-state index in [1.165, 1.54) is 0 Å². The van der Waals surface area contributed by atoms with Gasteiger partial charge in [-0.25, -0.2) is 0 Å². The van der Waals surface area contributed by atoms with Gasteiger partial charge in [0.05, 0.1) is 14.2 Å². The van der Waals surface area contributed by atoms with Crippen molar-refractivity contribution < 1.29 is 19.0 Å². The normalized spacial score (nSPS) is 16.8. The maximum Gasteiger partial charge on any atom is 0.218 e. The Hall–Kier alpha value is -1.79. The van der Waals surface area contributed by atoms with Crippen molar-refractivity contribution in [3.8, 4) is 11.5 Å². The number of carbonyl (C=O) groups excluding carboxylic acids is 1. The molecule has 1 amide bonds. The number of benzene rings is 1. The van der Waals surface area contributed by atoms with Crippen molar-refractivity contribution in [1.82, 2.24) is 5.32 Å². The average molecular weight is 322 g/mol. The zero-order chi connectivity index (χ0) is 16.7. The van der Waals surface area contributed by atoms with E-state index in [0.29, 0.717) is 30.4 Å². The topological polar surface area (TPSA) is 82.8 Å². The number of rotatable bonds is 8. The van der Waals surface area contributed by atoms with Crippen molar-refractivity contribution in [2.45, 2.75) is 31.8 Å². The van der Waals surface area contributed by atoms with E-state index in [2.05, 4.69) is 5.32 Å². The molecule has 0 saturated carbocycles. The zero-order valence-corrected chi connectivity index (χ0v) is 13.8. The van der Waals surface area contributed by atoms with Gasteiger partial charge in [-0.15, -0.1) is 0 Å². The number of nitrogens with one attached hydrogen (secondary N) is 1. The van der Waals surface area contributed by atoms with Gasteiger partial charge >= 0.3 is 0 Å². The van der Waals surface area contributed by atoms with Gasteiger partial charge in [0.1, 0.15) is 0 Å². The Bertz CT molecular complexity index is 515. The van der Waals surface area contributed by atoms with Gasteiger partial charge in [-0.3, -0.25) is 4.79 Å². The van der Waals surface area contributed by atoms with Gasteiger partial charge < -0.3 is 25.3 Å². The summed E-state index contributed by atoms with van der Waals surface area (Å²) < 4.78 is 16.2. The van der Waals surface area contributed by atoms with Gasteiger partial charge in [-0.1, -0.05) is 12.1 Å². The second-order valence-corrected chi connectivity index (χ2v) is 5.76. The van der Waals surface area contributed by atoms with Crippen molar-refractivity contribution in [2.75, 3.05) is 27.4 Å². The summed E-state index contributed by atoms with van der Waals surface area (Å²) in [4.78, 5) is 11.4. The Labute approximate surface area is 137 Å². The first-order chi connectivity index (χ1) is 11.2. The summed E-state index contributed by atoms with van der Waals surface area (Å²) in [6, 6.07) is 5.82. The molecule has 1 heterocycles. The number of methoxy groups -OCH3 is 2. The van der Waals surface area contributed by atoms with Gasteiger partial charge in [0.2, 0.25) is 5.91 Å². The van der Waals surface area contributed by atoms with Gasteiger partial charge in [0, 0.05) is 37.8 Å². The summed E-state index contributed by atoms with van der Waals surface area (Å²) in [5, 5.41) is 3.47. The second kappa shape index (κ2) is 8.74. The highest BCUT2D eigenvalue weighted by molar-refractivity contribution is 5.74. The van der Waals surface area contributed by atoms with Crippen LogP contribution < -0.4 is 20.5 Å². The number of para-hydroxylation sites is 1. The summed E-state index contributed by atoms with van der Waals surface area (Å²) in [7, 11) is 3.24. The molecule has 6 nitrogen and oxygen atoms in total. The highest BCUT2D eigenvalue weighted by Crippen LogP contribution is 2.31. The molecule has 23 heavy (non-hydrogen) atoms. The summed E-state index contributed by atoms with van der Waals surface area (Å²) in [5.41, 5.74) is 6.41. The fourth-order valence-corrected chi connectivity index (χ4v) is 3.07. The number of hydrogen-bond acceptors (Lipinski definition) is 5. The van der Waals surface area contributed by atoms with Crippen LogP contribution in [0.5, 0.6) is 11.5 Å². The molecule has 0 aliphatic carbocycles. The lowest BCUT2D eigenvalue weighted by Crippen LogP contribution is -2.41. The molecule has 0 aromatic heterocycles. The Morgan fingerprint density at radius 3 is 2.70 bits per heavy atom. The molecule has 1 saturated heterocycles. The smallest absolute Gasteiger partial charge is 0.218 e. The molecule has 1 fully saturated rings. The molecule has 0 radical (unpaired) electrons. The molecule has 0 bridgehead atoms. The van der Waals surface area contributed by atoms with Crippen LogP contribution in [0.3, 0.4) is 0 Å². The fraction of sp³-hybridized carbons (Fsp3) is 0.588. The first-order valence-electron chi connectivity index (χ1n) is 7.95. The molecule has 1 aliphatic rings. The molecule has 1 aliphatic heterocycles. The lowest BCUT2D eigenvalue weighted by molar-refractivity contribution is -0.119. The number of ether oxygens (including phenoxy) is 3. The van der Waals surface area contributed by atoms with Gasteiger partial charge in [-0.2, -0.15) is 0 Å². The minimum absolute atomic E-state index is 0.0484. The van der Waals surface area contributed by atoms with E-state index < -0.39 is 0 Å². The molecule has 0 unspecified atom stereocenters. The van der Waals surface area contributed by atoms with E-state index in [1.54, 1.807) is 14.2 Å². The standard InChI is InChI=1S/C17H26N2O4/c1-21-15-5-3-4-13(17(15)22-2)11-19-14(10-16(18)20)12-6-8-23-9-7-12/h3-5,12,14,19H,6-11H2,1-2H3,(H2,18,20)/t14-/m0/s1. The minimum atomic E-state index is -0.286. The molecule has 1 aromatic rings. The van der Waals surface area contributed by atoms with Crippen LogP contribution in [0.25, 0.3) is 0 Å². The van der Waals surface area contributed by atoms with E-state index in [9.17, 15) is 4.79 Å². The molecule has 1 atom stereocenters. The lowest BCUT2D eigenvalue weighted by atomic mass is 9.89. The van der Waals surface area contributed by atoms with Crippen molar-refractivity contribution in [3.05, 3.63) is 23.8 Å². The van der Waals surface area contributed by atoms with Crippen LogP contribution in [0.1, 0.15) is 24.8 Å². The number of amides is 1. The first-order valence-corrected chi connectivity index (χ1v) is 7.95. The highest BCUT2D eigenvalue weighted by atomic mass is 16.5. The third kappa shape index (κ3) is 4.84. The predicted octanol–water partition coefficient (Wildman–Crippen LogP) is 1.46. The van der Waals surface area contributed by atoms with Gasteiger partial charge in [0.15, 0.2) is 11.5 Å². The molecule has 1 aromatic carbocycles. The zero-order valence-electron chi connectivity index (χ0n) is 13.8. The van der Waals surface area contributed by atoms with Crippen molar-refractivity contribution in [1.29, 1.82) is 0 Å². The van der Waals surface area contributed by atoms with Crippen LogP contribution in [0.15, 0.2) is 18.2 Å². The van der Waals surface area contributed by atoms with E-state index in [-0.39, 0.29) is 11.9 Å². The van der Waals surface area contributed by atoms with Crippen molar-refractivity contribution in [2.24, 2.45) is 11.7 Å². The monoisotopic (exact) mass is 322 g/mol. The molecular formula is C17H26N2O4. The van der Waals surface area contributed by atoms with Crippen LogP contribution in [-0.4, -0.2) is 39.4 Å². The van der Waals surface area contributed by atoms with Gasteiger partial charge in [0.25, 0.3) is 0 Å². The first kappa shape index (κ1) is 17.6. The van der Waals surface area contributed by atoms with Crippen LogP contribution >= 0.6 is 0 Å². The summed E-state index contributed by atoms with van der Waals surface area (Å²) in [6.45, 7) is 2.07. The third-order valence-corrected chi connectivity index (χ3v) is 4.30. The van der Waals surface area contributed by atoms with Crippen LogP contribution in [-0.2, 0) is 16.1 Å². The SMILES string of the molecule is COc1cccc(CN[C@@H](CC(N)=O)C2CCOCC2)c1OC. The molecule has 0 spiro atoms. The third-order valence-electron chi connectivity index (χ3n) is 4.30. The van der Waals surface area contributed by atoms with E-state index in [1.807, 2.05) is 18.2 Å². The number of primary amides is 1. The Morgan fingerprint density at radius 1 is 1.35 bits per heavy atom. The summed E-state index contributed by atoms with van der Waals surface area (Å²) in [6.07, 6.45) is 2.22. The van der Waals surface area contributed by atoms with Crippen LogP contribution in [0.4, 0.5) is 0 Å². The largest absolute Gasteiger partial charge is 0.493 e. The van der Waals surface area contributed by atoms with Crippen LogP contribution in [0, 0.1) is 5.92 Å². The second-order valence-electron chi connectivity index (χ2n) is 5.76. The van der Waals surface area contributed by atoms with E-state index >= 15 is 0 Å². The Morgan fingerprint density at radius 2 is 2.09 bits per heavy atom. The van der Waals surface area contributed by atoms with Gasteiger partial charge in [-0.05, 0) is 24.8 Å². The van der Waals surface area contributed by atoms with E-state index in [4.69, 9.17) is 19.9 Å². The predicted molar refractivity (Wildman–Crippen MR) is 87.5 cm³/mol. The van der Waals surface area contributed by atoms with Crippen LogP contribution in [0.2, 0.25) is 0 Å². The van der Waals surface area contributed by atoms with E-state index in [0.717, 1.165) is 31.6 Å². The maximum atomic E-state index is 11.4. The van der Waals surface area contributed by atoms with Crippen molar-refractivity contribution in [3.63, 3.8) is 0 Å². The summed E-state index contributed by atoms with van der Waals surface area (Å²) in [5.74, 6) is 1.52. The van der Waals surface area contributed by atoms with Crippen molar-refractivity contribution >= 4 is 5.91 Å². The number of carbonyl (C=O) groups is 1. The molecule has 128 valence electrons. The Balaban J connectivity index is 2.06. The number of nitrogens with two attached hydrogens (primary N) is 1. The molecule has 3 N–H and O–H groups in total. The fourth-order valence-electron chi connectivity index (χ4n) is 3.07. The lowest BCUT2D eigenvalue weighted by Gasteiger charge is -2.30. The Kier molecular flexibility index (Phi) is 6.67. The average Bonchev–Trinajstić information content (AvgIpc) is 2.58. The molecule has 2 rings (SSSR count).